The van der Waals surface area contributed by atoms with E-state index >= 15 is 0 Å². The SMILES string of the molecule is Cc1cccc(N)c1C(=O)OCc1ccc2c(c1)CCC2. The zero-order chi connectivity index (χ0) is 14.8. The highest BCUT2D eigenvalue weighted by atomic mass is 16.5. The summed E-state index contributed by atoms with van der Waals surface area (Å²) in [6.07, 6.45) is 3.51. The van der Waals surface area contributed by atoms with Gasteiger partial charge in [0.1, 0.15) is 6.61 Å². The number of carbonyl (C=O) groups excluding carboxylic acids is 1. The number of anilines is 1. The van der Waals surface area contributed by atoms with Crippen LogP contribution in [0, 0.1) is 6.92 Å². The Morgan fingerprint density at radius 3 is 2.81 bits per heavy atom. The van der Waals surface area contributed by atoms with Crippen molar-refractivity contribution in [2.75, 3.05) is 5.73 Å². The van der Waals surface area contributed by atoms with Gasteiger partial charge in [0.25, 0.3) is 0 Å². The largest absolute Gasteiger partial charge is 0.457 e. The molecule has 2 aromatic carbocycles. The van der Waals surface area contributed by atoms with Crippen molar-refractivity contribution in [1.82, 2.24) is 0 Å². The van der Waals surface area contributed by atoms with Crippen LogP contribution in [0.15, 0.2) is 36.4 Å². The van der Waals surface area contributed by atoms with Gasteiger partial charge in [0.05, 0.1) is 5.56 Å². The number of carbonyl (C=O) groups is 1. The number of ether oxygens (including phenoxy) is 1. The molecule has 0 saturated carbocycles. The summed E-state index contributed by atoms with van der Waals surface area (Å²) < 4.78 is 5.42. The standard InChI is InChI=1S/C18H19NO2/c1-12-4-2-7-16(19)17(12)18(20)21-11-13-8-9-14-5-3-6-15(14)10-13/h2,4,7-10H,3,5-6,11,19H2,1H3. The lowest BCUT2D eigenvalue weighted by Gasteiger charge is -2.10. The molecule has 1 aliphatic carbocycles. The zero-order valence-electron chi connectivity index (χ0n) is 12.2. The second kappa shape index (κ2) is 5.60. The van der Waals surface area contributed by atoms with Crippen LogP contribution < -0.4 is 5.73 Å². The molecule has 2 N–H and O–H groups in total. The number of esters is 1. The van der Waals surface area contributed by atoms with Crippen molar-refractivity contribution in [3.63, 3.8) is 0 Å². The van der Waals surface area contributed by atoms with Crippen molar-refractivity contribution in [2.24, 2.45) is 0 Å². The van der Waals surface area contributed by atoms with Crippen LogP contribution in [0.3, 0.4) is 0 Å². The van der Waals surface area contributed by atoms with E-state index in [0.717, 1.165) is 24.0 Å². The first-order chi connectivity index (χ1) is 10.1. The van der Waals surface area contributed by atoms with E-state index in [9.17, 15) is 4.79 Å². The molecule has 3 heteroatoms. The number of benzene rings is 2. The molecule has 0 fully saturated rings. The van der Waals surface area contributed by atoms with Crippen LogP contribution in [-0.2, 0) is 24.2 Å². The quantitative estimate of drug-likeness (QED) is 0.692. The predicted octanol–water partition coefficient (Wildman–Crippen LogP) is 3.42. The van der Waals surface area contributed by atoms with Crippen LogP contribution in [0.1, 0.15) is 39.0 Å². The van der Waals surface area contributed by atoms with E-state index in [4.69, 9.17) is 10.5 Å². The van der Waals surface area contributed by atoms with Crippen LogP contribution in [0.2, 0.25) is 0 Å². The lowest BCUT2D eigenvalue weighted by atomic mass is 10.1. The summed E-state index contributed by atoms with van der Waals surface area (Å²) in [5.74, 6) is -0.355. The van der Waals surface area contributed by atoms with E-state index < -0.39 is 0 Å². The van der Waals surface area contributed by atoms with Gasteiger partial charge in [-0.05, 0) is 54.5 Å². The van der Waals surface area contributed by atoms with Crippen LogP contribution in [0.5, 0.6) is 0 Å². The molecule has 1 aliphatic rings. The summed E-state index contributed by atoms with van der Waals surface area (Å²) in [5.41, 5.74) is 11.5. The maximum absolute atomic E-state index is 12.2. The maximum Gasteiger partial charge on any atom is 0.340 e. The van der Waals surface area contributed by atoms with Gasteiger partial charge in [-0.1, -0.05) is 30.3 Å². The Morgan fingerprint density at radius 2 is 2.00 bits per heavy atom. The summed E-state index contributed by atoms with van der Waals surface area (Å²) >= 11 is 0. The van der Waals surface area contributed by atoms with Crippen molar-refractivity contribution in [1.29, 1.82) is 0 Å². The molecule has 2 aromatic rings. The normalized spacial score (nSPS) is 13.0. The highest BCUT2D eigenvalue weighted by Gasteiger charge is 2.15. The summed E-state index contributed by atoms with van der Waals surface area (Å²) in [6.45, 7) is 2.15. The van der Waals surface area contributed by atoms with E-state index in [-0.39, 0.29) is 5.97 Å². The molecule has 108 valence electrons. The number of fused-ring (bicyclic) bond motifs is 1. The molecular weight excluding hydrogens is 262 g/mol. The average molecular weight is 281 g/mol. The lowest BCUT2D eigenvalue weighted by Crippen LogP contribution is -2.10. The molecule has 0 amide bonds. The fourth-order valence-corrected chi connectivity index (χ4v) is 2.91. The van der Waals surface area contributed by atoms with E-state index in [0.29, 0.717) is 17.9 Å². The van der Waals surface area contributed by atoms with Crippen LogP contribution in [-0.4, -0.2) is 5.97 Å². The first kappa shape index (κ1) is 13.7. The molecule has 0 bridgehead atoms. The molecule has 0 spiro atoms. The fourth-order valence-electron chi connectivity index (χ4n) is 2.91. The van der Waals surface area contributed by atoms with Gasteiger partial charge in [-0.2, -0.15) is 0 Å². The highest BCUT2D eigenvalue weighted by Crippen LogP contribution is 2.23. The Hall–Kier alpha value is -2.29. The van der Waals surface area contributed by atoms with Gasteiger partial charge in [-0.25, -0.2) is 4.79 Å². The Balaban J connectivity index is 1.71. The molecule has 0 saturated heterocycles. The molecular formula is C18H19NO2. The third-order valence-electron chi connectivity index (χ3n) is 4.04. The lowest BCUT2D eigenvalue weighted by molar-refractivity contribution is 0.0473. The minimum Gasteiger partial charge on any atom is -0.457 e. The summed E-state index contributed by atoms with van der Waals surface area (Å²) in [7, 11) is 0. The van der Waals surface area contributed by atoms with Gasteiger partial charge in [0, 0.05) is 5.69 Å². The molecule has 0 aliphatic heterocycles. The summed E-state index contributed by atoms with van der Waals surface area (Å²) in [4.78, 5) is 12.2. The van der Waals surface area contributed by atoms with Crippen LogP contribution >= 0.6 is 0 Å². The second-order valence-electron chi connectivity index (χ2n) is 5.57. The smallest absolute Gasteiger partial charge is 0.340 e. The minimum absolute atomic E-state index is 0.292. The Kier molecular flexibility index (Phi) is 3.65. The number of hydrogen-bond donors (Lipinski definition) is 1. The number of nitrogen functional groups attached to an aromatic ring is 1. The molecule has 0 radical (unpaired) electrons. The summed E-state index contributed by atoms with van der Waals surface area (Å²) in [5, 5.41) is 0. The molecule has 3 nitrogen and oxygen atoms in total. The highest BCUT2D eigenvalue weighted by molar-refractivity contribution is 5.96. The van der Waals surface area contributed by atoms with E-state index in [1.165, 1.54) is 17.5 Å². The third-order valence-corrected chi connectivity index (χ3v) is 4.04. The third kappa shape index (κ3) is 2.77. The van der Waals surface area contributed by atoms with E-state index in [2.05, 4.69) is 12.1 Å². The number of aryl methyl sites for hydroxylation is 3. The van der Waals surface area contributed by atoms with E-state index in [1.807, 2.05) is 25.1 Å². The predicted molar refractivity (Wildman–Crippen MR) is 83.2 cm³/mol. The van der Waals surface area contributed by atoms with Crippen LogP contribution in [0.25, 0.3) is 0 Å². The van der Waals surface area contributed by atoms with Crippen LogP contribution in [0.4, 0.5) is 5.69 Å². The Bertz CT molecular complexity index is 671. The fraction of sp³-hybridized carbons (Fsp3) is 0.278. The summed E-state index contributed by atoms with van der Waals surface area (Å²) in [6, 6.07) is 11.8. The monoisotopic (exact) mass is 281 g/mol. The Labute approximate surface area is 124 Å². The first-order valence-electron chi connectivity index (χ1n) is 7.28. The Morgan fingerprint density at radius 1 is 1.19 bits per heavy atom. The topological polar surface area (TPSA) is 52.3 Å². The maximum atomic E-state index is 12.2. The molecule has 3 rings (SSSR count). The minimum atomic E-state index is -0.355. The van der Waals surface area contributed by atoms with Crippen molar-refractivity contribution in [3.8, 4) is 0 Å². The van der Waals surface area contributed by atoms with E-state index in [1.54, 1.807) is 6.07 Å². The van der Waals surface area contributed by atoms with Crippen molar-refractivity contribution in [3.05, 3.63) is 64.2 Å². The average Bonchev–Trinajstić information content (AvgIpc) is 2.92. The van der Waals surface area contributed by atoms with Gasteiger partial charge < -0.3 is 10.5 Å². The number of rotatable bonds is 3. The van der Waals surface area contributed by atoms with Crippen molar-refractivity contribution in [2.45, 2.75) is 32.8 Å². The molecule has 0 atom stereocenters. The number of hydrogen-bond acceptors (Lipinski definition) is 3. The molecule has 0 heterocycles. The molecule has 21 heavy (non-hydrogen) atoms. The zero-order valence-corrected chi connectivity index (χ0v) is 12.2. The van der Waals surface area contributed by atoms with Gasteiger partial charge in [-0.15, -0.1) is 0 Å². The second-order valence-corrected chi connectivity index (χ2v) is 5.57. The van der Waals surface area contributed by atoms with Gasteiger partial charge in [0.2, 0.25) is 0 Å². The molecule has 0 aromatic heterocycles. The van der Waals surface area contributed by atoms with Crippen molar-refractivity contribution >= 4 is 11.7 Å². The van der Waals surface area contributed by atoms with Gasteiger partial charge in [-0.3, -0.25) is 0 Å². The number of nitrogens with two attached hydrogens (primary N) is 1. The van der Waals surface area contributed by atoms with Gasteiger partial charge in [0.15, 0.2) is 0 Å². The van der Waals surface area contributed by atoms with Gasteiger partial charge >= 0.3 is 5.97 Å². The molecule has 0 unspecified atom stereocenters. The first-order valence-corrected chi connectivity index (χ1v) is 7.28. The van der Waals surface area contributed by atoms with Crippen molar-refractivity contribution < 1.29 is 9.53 Å².